The summed E-state index contributed by atoms with van der Waals surface area (Å²) in [5, 5.41) is 6.83. The molecule has 0 aromatic heterocycles. The fraction of sp³-hybridized carbons (Fsp3) is 0.933. The zero-order valence-corrected chi connectivity index (χ0v) is 11.9. The molecule has 2 fully saturated rings. The predicted molar refractivity (Wildman–Crippen MR) is 77.9 cm³/mol. The highest BCUT2D eigenvalue weighted by Crippen LogP contribution is 2.28. The standard InChI is InChI=1S/C15H29N3/c1-2-16-15(18-12-14-8-9-14)17-11-10-13-6-4-3-5-7-13/h13-14H,2-12H2,1H3,(H2,16,17,18). The number of hydrogen-bond donors (Lipinski definition) is 2. The average molecular weight is 251 g/mol. The van der Waals surface area contributed by atoms with Crippen molar-refractivity contribution in [2.75, 3.05) is 19.6 Å². The third-order valence-electron chi connectivity index (χ3n) is 4.12. The monoisotopic (exact) mass is 251 g/mol. The summed E-state index contributed by atoms with van der Waals surface area (Å²) in [5.41, 5.74) is 0. The molecule has 3 nitrogen and oxygen atoms in total. The van der Waals surface area contributed by atoms with E-state index in [9.17, 15) is 0 Å². The molecular weight excluding hydrogens is 222 g/mol. The van der Waals surface area contributed by atoms with Crippen LogP contribution in [0.3, 0.4) is 0 Å². The Hall–Kier alpha value is -0.730. The van der Waals surface area contributed by atoms with Gasteiger partial charge in [0.15, 0.2) is 5.96 Å². The fourth-order valence-corrected chi connectivity index (χ4v) is 2.73. The van der Waals surface area contributed by atoms with Crippen molar-refractivity contribution in [1.82, 2.24) is 10.6 Å². The summed E-state index contributed by atoms with van der Waals surface area (Å²) < 4.78 is 0. The first-order valence-electron chi connectivity index (χ1n) is 7.90. The second-order valence-corrected chi connectivity index (χ2v) is 5.88. The number of hydrogen-bond acceptors (Lipinski definition) is 1. The molecule has 0 aliphatic heterocycles. The van der Waals surface area contributed by atoms with E-state index in [1.54, 1.807) is 0 Å². The van der Waals surface area contributed by atoms with Crippen LogP contribution in [-0.2, 0) is 0 Å². The van der Waals surface area contributed by atoms with E-state index in [2.05, 4.69) is 22.5 Å². The van der Waals surface area contributed by atoms with Crippen LogP contribution in [0.5, 0.6) is 0 Å². The van der Waals surface area contributed by atoms with E-state index in [-0.39, 0.29) is 0 Å². The first kappa shape index (κ1) is 13.7. The van der Waals surface area contributed by atoms with E-state index in [0.717, 1.165) is 37.4 Å². The van der Waals surface area contributed by atoms with Gasteiger partial charge >= 0.3 is 0 Å². The molecule has 0 aromatic rings. The Morgan fingerprint density at radius 1 is 1.00 bits per heavy atom. The molecule has 2 aliphatic rings. The first-order chi connectivity index (χ1) is 8.88. The van der Waals surface area contributed by atoms with Gasteiger partial charge in [-0.25, -0.2) is 0 Å². The lowest BCUT2D eigenvalue weighted by atomic mass is 9.87. The predicted octanol–water partition coefficient (Wildman–Crippen LogP) is 2.92. The summed E-state index contributed by atoms with van der Waals surface area (Å²) in [5.74, 6) is 2.86. The lowest BCUT2D eigenvalue weighted by Crippen LogP contribution is -2.38. The van der Waals surface area contributed by atoms with Crippen molar-refractivity contribution in [3.8, 4) is 0 Å². The van der Waals surface area contributed by atoms with Gasteiger partial charge in [0.1, 0.15) is 0 Å². The van der Waals surface area contributed by atoms with Gasteiger partial charge in [-0.05, 0) is 38.0 Å². The Labute approximate surface area is 112 Å². The maximum absolute atomic E-state index is 4.65. The quantitative estimate of drug-likeness (QED) is 0.562. The van der Waals surface area contributed by atoms with E-state index in [1.165, 1.54) is 51.4 Å². The highest BCUT2D eigenvalue weighted by Gasteiger charge is 2.20. The lowest BCUT2D eigenvalue weighted by Gasteiger charge is -2.22. The van der Waals surface area contributed by atoms with E-state index in [1.807, 2.05) is 0 Å². The molecule has 3 heteroatoms. The molecule has 0 heterocycles. The van der Waals surface area contributed by atoms with Gasteiger partial charge in [-0.15, -0.1) is 0 Å². The van der Waals surface area contributed by atoms with Gasteiger partial charge in [0.2, 0.25) is 0 Å². The van der Waals surface area contributed by atoms with Gasteiger partial charge in [0.25, 0.3) is 0 Å². The first-order valence-corrected chi connectivity index (χ1v) is 7.90. The number of guanidine groups is 1. The molecule has 2 N–H and O–H groups in total. The van der Waals surface area contributed by atoms with Gasteiger partial charge in [-0.1, -0.05) is 32.1 Å². The lowest BCUT2D eigenvalue weighted by molar-refractivity contribution is 0.339. The van der Waals surface area contributed by atoms with Crippen LogP contribution in [-0.4, -0.2) is 25.6 Å². The summed E-state index contributed by atoms with van der Waals surface area (Å²) in [6.45, 7) is 5.19. The van der Waals surface area contributed by atoms with Crippen molar-refractivity contribution in [2.45, 2.75) is 58.3 Å². The van der Waals surface area contributed by atoms with Crippen molar-refractivity contribution >= 4 is 5.96 Å². The van der Waals surface area contributed by atoms with Gasteiger partial charge in [0, 0.05) is 19.6 Å². The largest absolute Gasteiger partial charge is 0.357 e. The molecule has 0 atom stereocenters. The van der Waals surface area contributed by atoms with E-state index in [0.29, 0.717) is 0 Å². The molecule has 0 unspecified atom stereocenters. The third kappa shape index (κ3) is 5.28. The van der Waals surface area contributed by atoms with Gasteiger partial charge < -0.3 is 10.6 Å². The normalized spacial score (nSPS) is 21.9. The Kier molecular flexibility index (Phi) is 5.82. The average Bonchev–Trinajstić information content (AvgIpc) is 3.21. The Balaban J connectivity index is 1.62. The van der Waals surface area contributed by atoms with Gasteiger partial charge in [-0.3, -0.25) is 4.99 Å². The molecule has 104 valence electrons. The third-order valence-corrected chi connectivity index (χ3v) is 4.12. The smallest absolute Gasteiger partial charge is 0.191 e. The van der Waals surface area contributed by atoms with Gasteiger partial charge in [-0.2, -0.15) is 0 Å². The minimum Gasteiger partial charge on any atom is -0.357 e. The number of nitrogens with zero attached hydrogens (tertiary/aromatic N) is 1. The number of aliphatic imine (C=N–C) groups is 1. The Morgan fingerprint density at radius 2 is 1.78 bits per heavy atom. The zero-order chi connectivity index (χ0) is 12.6. The van der Waals surface area contributed by atoms with Crippen LogP contribution in [0.4, 0.5) is 0 Å². The molecule has 2 rings (SSSR count). The minimum absolute atomic E-state index is 0.874. The van der Waals surface area contributed by atoms with E-state index in [4.69, 9.17) is 0 Å². The fourth-order valence-electron chi connectivity index (χ4n) is 2.73. The number of nitrogens with one attached hydrogen (secondary N) is 2. The van der Waals surface area contributed by atoms with Crippen molar-refractivity contribution in [1.29, 1.82) is 0 Å². The molecule has 2 saturated carbocycles. The summed E-state index contributed by atoms with van der Waals surface area (Å²) in [6, 6.07) is 0. The second kappa shape index (κ2) is 7.65. The van der Waals surface area contributed by atoms with Gasteiger partial charge in [0.05, 0.1) is 0 Å². The molecule has 0 spiro atoms. The molecule has 0 amide bonds. The van der Waals surface area contributed by atoms with Crippen LogP contribution in [0.25, 0.3) is 0 Å². The van der Waals surface area contributed by atoms with Crippen molar-refractivity contribution in [3.05, 3.63) is 0 Å². The summed E-state index contributed by atoms with van der Waals surface area (Å²) in [7, 11) is 0. The molecule has 0 radical (unpaired) electrons. The van der Waals surface area contributed by atoms with E-state index < -0.39 is 0 Å². The van der Waals surface area contributed by atoms with Crippen LogP contribution < -0.4 is 10.6 Å². The highest BCUT2D eigenvalue weighted by molar-refractivity contribution is 5.79. The summed E-state index contributed by atoms with van der Waals surface area (Å²) >= 11 is 0. The second-order valence-electron chi connectivity index (χ2n) is 5.88. The molecular formula is C15H29N3. The topological polar surface area (TPSA) is 36.4 Å². The molecule has 0 saturated heterocycles. The molecule has 0 aromatic carbocycles. The minimum atomic E-state index is 0.874. The molecule has 18 heavy (non-hydrogen) atoms. The van der Waals surface area contributed by atoms with Crippen molar-refractivity contribution in [3.63, 3.8) is 0 Å². The summed E-state index contributed by atoms with van der Waals surface area (Å²) in [6.07, 6.45) is 11.3. The summed E-state index contributed by atoms with van der Waals surface area (Å²) in [4.78, 5) is 4.65. The maximum Gasteiger partial charge on any atom is 0.191 e. The Morgan fingerprint density at radius 3 is 2.44 bits per heavy atom. The van der Waals surface area contributed by atoms with Crippen LogP contribution in [0.1, 0.15) is 58.3 Å². The van der Waals surface area contributed by atoms with E-state index >= 15 is 0 Å². The van der Waals surface area contributed by atoms with Crippen molar-refractivity contribution in [2.24, 2.45) is 16.8 Å². The van der Waals surface area contributed by atoms with Crippen LogP contribution >= 0.6 is 0 Å². The van der Waals surface area contributed by atoms with Crippen molar-refractivity contribution < 1.29 is 0 Å². The molecule has 2 aliphatic carbocycles. The van der Waals surface area contributed by atoms with Crippen LogP contribution in [0.2, 0.25) is 0 Å². The maximum atomic E-state index is 4.65. The van der Waals surface area contributed by atoms with Crippen LogP contribution in [0.15, 0.2) is 4.99 Å². The van der Waals surface area contributed by atoms with Crippen LogP contribution in [0, 0.1) is 11.8 Å². The SMILES string of the molecule is CCNC(=NCC1CC1)NCCC1CCCCC1. The zero-order valence-electron chi connectivity index (χ0n) is 11.9. The highest BCUT2D eigenvalue weighted by atomic mass is 15.2. The molecule has 0 bridgehead atoms. The number of rotatable bonds is 6. The Bertz CT molecular complexity index is 252.